The third-order valence-corrected chi connectivity index (χ3v) is 4.56. The molecule has 0 aliphatic rings. The van der Waals surface area contributed by atoms with Gasteiger partial charge in [-0.1, -0.05) is 18.2 Å². The molecule has 26 heavy (non-hydrogen) atoms. The van der Waals surface area contributed by atoms with Gasteiger partial charge in [-0.15, -0.1) is 0 Å². The number of hydrazone groups is 1. The van der Waals surface area contributed by atoms with Gasteiger partial charge >= 0.3 is 0 Å². The van der Waals surface area contributed by atoms with Crippen molar-refractivity contribution in [2.24, 2.45) is 5.10 Å². The molecular formula is C20H14N4OS. The molecule has 126 valence electrons. The van der Waals surface area contributed by atoms with E-state index < -0.39 is 0 Å². The number of nitrogens with one attached hydrogen (secondary N) is 1. The van der Waals surface area contributed by atoms with Gasteiger partial charge in [0.15, 0.2) is 0 Å². The molecule has 0 fully saturated rings. The Morgan fingerprint density at radius 3 is 2.77 bits per heavy atom. The number of nitrogens with zero attached hydrogens (tertiary/aromatic N) is 3. The standard InChI is InChI=1S/C20H14N4OS/c25-20(24-22-12-14-7-10-26-13-14)17-11-19(15-5-8-21-9-6-15)23-18-4-2-1-3-16(17)18/h1-13H,(H,24,25)/b22-12+. The van der Waals surface area contributed by atoms with E-state index in [0.717, 1.165) is 27.7 Å². The minimum absolute atomic E-state index is 0.273. The van der Waals surface area contributed by atoms with Crippen LogP contribution in [0.25, 0.3) is 22.2 Å². The Morgan fingerprint density at radius 2 is 1.96 bits per heavy atom. The van der Waals surface area contributed by atoms with Crippen molar-refractivity contribution in [3.8, 4) is 11.3 Å². The average Bonchev–Trinajstić information content (AvgIpc) is 3.21. The zero-order chi connectivity index (χ0) is 17.8. The first-order chi connectivity index (χ1) is 12.8. The lowest BCUT2D eigenvalue weighted by Crippen LogP contribution is -2.18. The number of hydrogen-bond acceptors (Lipinski definition) is 5. The zero-order valence-electron chi connectivity index (χ0n) is 13.7. The maximum atomic E-state index is 12.7. The van der Waals surface area contributed by atoms with E-state index in [1.165, 1.54) is 0 Å². The monoisotopic (exact) mass is 358 g/mol. The first-order valence-corrected chi connectivity index (χ1v) is 8.91. The molecule has 4 aromatic rings. The molecular weight excluding hydrogens is 344 g/mol. The maximum Gasteiger partial charge on any atom is 0.272 e. The van der Waals surface area contributed by atoms with Gasteiger partial charge in [0.1, 0.15) is 0 Å². The van der Waals surface area contributed by atoms with Crippen LogP contribution < -0.4 is 5.43 Å². The number of thiophene rings is 1. The molecule has 3 aromatic heterocycles. The van der Waals surface area contributed by atoms with Crippen LogP contribution in [0.1, 0.15) is 15.9 Å². The highest BCUT2D eigenvalue weighted by Gasteiger charge is 2.13. The molecule has 3 heterocycles. The van der Waals surface area contributed by atoms with Gasteiger partial charge in [0.2, 0.25) is 0 Å². The van der Waals surface area contributed by atoms with E-state index in [2.05, 4.69) is 20.5 Å². The molecule has 1 aromatic carbocycles. The summed E-state index contributed by atoms with van der Waals surface area (Å²) in [7, 11) is 0. The quantitative estimate of drug-likeness (QED) is 0.441. The van der Waals surface area contributed by atoms with Crippen molar-refractivity contribution in [2.75, 3.05) is 0 Å². The summed E-state index contributed by atoms with van der Waals surface area (Å²) in [6.45, 7) is 0. The van der Waals surface area contributed by atoms with E-state index in [-0.39, 0.29) is 5.91 Å². The van der Waals surface area contributed by atoms with E-state index in [4.69, 9.17) is 0 Å². The molecule has 0 saturated heterocycles. The van der Waals surface area contributed by atoms with Gasteiger partial charge in [-0.2, -0.15) is 16.4 Å². The zero-order valence-corrected chi connectivity index (χ0v) is 14.5. The van der Waals surface area contributed by atoms with Crippen LogP contribution in [0, 0.1) is 0 Å². The van der Waals surface area contributed by atoms with Gasteiger partial charge in [0.25, 0.3) is 5.91 Å². The number of hydrogen-bond donors (Lipinski definition) is 1. The molecule has 1 amide bonds. The number of aromatic nitrogens is 2. The van der Waals surface area contributed by atoms with E-state index in [1.54, 1.807) is 36.0 Å². The number of para-hydroxylation sites is 1. The number of carbonyl (C=O) groups is 1. The third-order valence-electron chi connectivity index (χ3n) is 3.86. The first kappa shape index (κ1) is 16.1. The largest absolute Gasteiger partial charge is 0.272 e. The van der Waals surface area contributed by atoms with Crippen LogP contribution in [-0.4, -0.2) is 22.1 Å². The number of rotatable bonds is 4. The summed E-state index contributed by atoms with van der Waals surface area (Å²) in [6, 6.07) is 15.0. The minimum Gasteiger partial charge on any atom is -0.267 e. The van der Waals surface area contributed by atoms with Crippen LogP contribution >= 0.6 is 11.3 Å². The predicted molar refractivity (Wildman–Crippen MR) is 104 cm³/mol. The molecule has 0 atom stereocenters. The van der Waals surface area contributed by atoms with E-state index in [9.17, 15) is 4.79 Å². The van der Waals surface area contributed by atoms with E-state index in [1.807, 2.05) is 53.2 Å². The van der Waals surface area contributed by atoms with Crippen LogP contribution in [-0.2, 0) is 0 Å². The first-order valence-electron chi connectivity index (χ1n) is 7.97. The third kappa shape index (κ3) is 3.36. The average molecular weight is 358 g/mol. The van der Waals surface area contributed by atoms with Crippen molar-refractivity contribution in [1.82, 2.24) is 15.4 Å². The topological polar surface area (TPSA) is 67.2 Å². The van der Waals surface area contributed by atoms with Gasteiger partial charge in [-0.25, -0.2) is 10.4 Å². The Kier molecular flexibility index (Phi) is 4.49. The fraction of sp³-hybridized carbons (Fsp3) is 0. The SMILES string of the molecule is O=C(N/N=C/c1ccsc1)c1cc(-c2ccncc2)nc2ccccc12. The van der Waals surface area contributed by atoms with Crippen molar-refractivity contribution in [3.05, 3.63) is 82.8 Å². The summed E-state index contributed by atoms with van der Waals surface area (Å²) < 4.78 is 0. The summed E-state index contributed by atoms with van der Waals surface area (Å²) >= 11 is 1.58. The molecule has 0 bridgehead atoms. The summed E-state index contributed by atoms with van der Waals surface area (Å²) in [4.78, 5) is 21.4. The smallest absolute Gasteiger partial charge is 0.267 e. The lowest BCUT2D eigenvalue weighted by Gasteiger charge is -2.08. The highest BCUT2D eigenvalue weighted by molar-refractivity contribution is 7.08. The van der Waals surface area contributed by atoms with E-state index >= 15 is 0 Å². The summed E-state index contributed by atoms with van der Waals surface area (Å²) in [5, 5.41) is 8.75. The van der Waals surface area contributed by atoms with Crippen LogP contribution in [0.15, 0.2) is 76.8 Å². The summed E-state index contributed by atoms with van der Waals surface area (Å²) in [5.41, 5.74) is 6.47. The molecule has 1 N–H and O–H groups in total. The fourth-order valence-electron chi connectivity index (χ4n) is 2.61. The lowest BCUT2D eigenvalue weighted by molar-refractivity contribution is 0.0957. The molecule has 0 unspecified atom stereocenters. The number of carbonyl (C=O) groups excluding carboxylic acids is 1. The second kappa shape index (κ2) is 7.25. The number of fused-ring (bicyclic) bond motifs is 1. The number of amides is 1. The second-order valence-corrected chi connectivity index (χ2v) is 6.34. The molecule has 0 aliphatic carbocycles. The van der Waals surface area contributed by atoms with Gasteiger partial charge in [-0.3, -0.25) is 9.78 Å². The Morgan fingerprint density at radius 1 is 1.12 bits per heavy atom. The van der Waals surface area contributed by atoms with Gasteiger partial charge < -0.3 is 0 Å². The number of pyridine rings is 2. The predicted octanol–water partition coefficient (Wildman–Crippen LogP) is 4.12. The van der Waals surface area contributed by atoms with Crippen molar-refractivity contribution in [2.45, 2.75) is 0 Å². The Bertz CT molecular complexity index is 1080. The minimum atomic E-state index is -0.273. The van der Waals surface area contributed by atoms with E-state index in [0.29, 0.717) is 5.56 Å². The highest BCUT2D eigenvalue weighted by atomic mass is 32.1. The molecule has 0 spiro atoms. The van der Waals surface area contributed by atoms with Crippen molar-refractivity contribution in [3.63, 3.8) is 0 Å². The molecule has 0 saturated carbocycles. The van der Waals surface area contributed by atoms with Gasteiger partial charge in [-0.05, 0) is 41.1 Å². The molecule has 5 nitrogen and oxygen atoms in total. The van der Waals surface area contributed by atoms with Crippen molar-refractivity contribution >= 4 is 34.4 Å². The molecule has 6 heteroatoms. The van der Waals surface area contributed by atoms with Gasteiger partial charge in [0.05, 0.1) is 23.0 Å². The number of benzene rings is 1. The molecule has 0 radical (unpaired) electrons. The lowest BCUT2D eigenvalue weighted by atomic mass is 10.0. The summed E-state index contributed by atoms with van der Waals surface area (Å²) in [6.07, 6.45) is 5.04. The van der Waals surface area contributed by atoms with Crippen LogP contribution in [0.4, 0.5) is 0 Å². The molecule has 4 rings (SSSR count). The van der Waals surface area contributed by atoms with Crippen LogP contribution in [0.3, 0.4) is 0 Å². The van der Waals surface area contributed by atoms with Gasteiger partial charge in [0, 0.05) is 28.9 Å². The Balaban J connectivity index is 1.72. The normalized spacial score (nSPS) is 11.1. The highest BCUT2D eigenvalue weighted by Crippen LogP contribution is 2.24. The Labute approximate surface area is 154 Å². The fourth-order valence-corrected chi connectivity index (χ4v) is 3.22. The van der Waals surface area contributed by atoms with Crippen molar-refractivity contribution < 1.29 is 4.79 Å². The Hall–Kier alpha value is -3.38. The summed E-state index contributed by atoms with van der Waals surface area (Å²) in [5.74, 6) is -0.273. The van der Waals surface area contributed by atoms with Crippen LogP contribution in [0.2, 0.25) is 0 Å². The second-order valence-electron chi connectivity index (χ2n) is 5.56. The maximum absolute atomic E-state index is 12.7. The van der Waals surface area contributed by atoms with Crippen LogP contribution in [0.5, 0.6) is 0 Å². The van der Waals surface area contributed by atoms with Crippen molar-refractivity contribution in [1.29, 1.82) is 0 Å². The molecule has 0 aliphatic heterocycles.